The Morgan fingerprint density at radius 3 is 2.00 bits per heavy atom. The van der Waals surface area contributed by atoms with E-state index in [1.807, 2.05) is 61.5 Å². The molecule has 36 heavy (non-hydrogen) atoms. The number of nitrogens with zero attached hydrogens (tertiary/aromatic N) is 1. The monoisotopic (exact) mass is 496 g/mol. The summed E-state index contributed by atoms with van der Waals surface area (Å²) in [7, 11) is 0. The lowest BCUT2D eigenvalue weighted by Gasteiger charge is -2.23. The molecule has 1 heterocycles. The minimum Gasteiger partial charge on any atom is -0.505 e. The zero-order chi connectivity index (χ0) is 26.5. The lowest BCUT2D eigenvalue weighted by atomic mass is 9.93. The first-order chi connectivity index (χ1) is 17.0. The molecule has 0 aliphatic rings. The first-order valence-corrected chi connectivity index (χ1v) is 11.3. The summed E-state index contributed by atoms with van der Waals surface area (Å²) in [4.78, 5) is 13.5. The van der Waals surface area contributed by atoms with Gasteiger partial charge in [0.2, 0.25) is 0 Å². The van der Waals surface area contributed by atoms with Gasteiger partial charge in [-0.2, -0.15) is 13.2 Å². The summed E-state index contributed by atoms with van der Waals surface area (Å²) >= 11 is 0. The predicted molar refractivity (Wildman–Crippen MR) is 134 cm³/mol. The van der Waals surface area contributed by atoms with Crippen LogP contribution in [0.25, 0.3) is 10.9 Å². The van der Waals surface area contributed by atoms with Crippen molar-refractivity contribution in [2.75, 3.05) is 5.32 Å². The van der Waals surface area contributed by atoms with E-state index in [1.54, 1.807) is 0 Å². The maximum Gasteiger partial charge on any atom is 0.490 e. The van der Waals surface area contributed by atoms with E-state index in [4.69, 9.17) is 9.90 Å². The Morgan fingerprint density at radius 1 is 0.889 bits per heavy atom. The smallest absolute Gasteiger partial charge is 0.490 e. The van der Waals surface area contributed by atoms with Crippen LogP contribution >= 0.6 is 0 Å². The van der Waals surface area contributed by atoms with Gasteiger partial charge in [0.1, 0.15) is 11.3 Å². The van der Waals surface area contributed by atoms with Gasteiger partial charge in [-0.3, -0.25) is 0 Å². The number of anilines is 1. The highest BCUT2D eigenvalue weighted by atomic mass is 19.4. The zero-order valence-corrected chi connectivity index (χ0v) is 20.0. The fraction of sp³-hybridized carbons (Fsp3) is 0.214. The van der Waals surface area contributed by atoms with Crippen molar-refractivity contribution in [2.24, 2.45) is 0 Å². The molecule has 4 aromatic rings. The van der Waals surface area contributed by atoms with E-state index in [0.717, 1.165) is 27.9 Å². The van der Waals surface area contributed by atoms with Crippen molar-refractivity contribution in [3.05, 3.63) is 101 Å². The van der Waals surface area contributed by atoms with Crippen molar-refractivity contribution in [3.8, 4) is 5.75 Å². The molecule has 0 fully saturated rings. The number of hydrogen-bond donors (Lipinski definition) is 3. The van der Waals surface area contributed by atoms with Crippen LogP contribution in [-0.4, -0.2) is 27.3 Å². The molecule has 8 heteroatoms. The van der Waals surface area contributed by atoms with Gasteiger partial charge in [-0.15, -0.1) is 0 Å². The second-order valence-electron chi connectivity index (χ2n) is 8.60. The van der Waals surface area contributed by atoms with Crippen LogP contribution in [0.5, 0.6) is 5.75 Å². The van der Waals surface area contributed by atoms with Crippen LogP contribution < -0.4 is 5.32 Å². The molecule has 0 saturated heterocycles. The van der Waals surface area contributed by atoms with Crippen molar-refractivity contribution in [2.45, 2.75) is 38.9 Å². The van der Waals surface area contributed by atoms with Gasteiger partial charge in [0, 0.05) is 22.3 Å². The third-order valence-electron chi connectivity index (χ3n) is 5.58. The molecule has 0 saturated carbocycles. The van der Waals surface area contributed by atoms with Crippen LogP contribution in [0.2, 0.25) is 0 Å². The summed E-state index contributed by atoms with van der Waals surface area (Å²) in [5, 5.41) is 22.8. The second-order valence-corrected chi connectivity index (χ2v) is 8.60. The molecule has 3 N–H and O–H groups in total. The predicted octanol–water partition coefficient (Wildman–Crippen LogP) is 7.21. The van der Waals surface area contributed by atoms with Crippen LogP contribution in [0.1, 0.15) is 48.2 Å². The van der Waals surface area contributed by atoms with Gasteiger partial charge in [-0.1, -0.05) is 74.5 Å². The largest absolute Gasteiger partial charge is 0.505 e. The molecular formula is C28H27F3N2O3. The number of rotatable bonds is 5. The van der Waals surface area contributed by atoms with Crippen LogP contribution in [-0.2, 0) is 4.79 Å². The van der Waals surface area contributed by atoms with Gasteiger partial charge in [0.05, 0.1) is 6.04 Å². The van der Waals surface area contributed by atoms with Crippen molar-refractivity contribution in [3.63, 3.8) is 0 Å². The highest BCUT2D eigenvalue weighted by Crippen LogP contribution is 2.37. The van der Waals surface area contributed by atoms with Gasteiger partial charge in [0.25, 0.3) is 0 Å². The van der Waals surface area contributed by atoms with Crippen molar-refractivity contribution in [1.82, 2.24) is 4.98 Å². The highest BCUT2D eigenvalue weighted by Gasteiger charge is 2.38. The molecule has 4 rings (SSSR count). The summed E-state index contributed by atoms with van der Waals surface area (Å²) < 4.78 is 31.7. The maximum atomic E-state index is 11.1. The number of phenolic OH excluding ortho intramolecular Hbond substituents is 1. The Morgan fingerprint density at radius 2 is 1.44 bits per heavy atom. The van der Waals surface area contributed by atoms with Gasteiger partial charge in [0.15, 0.2) is 0 Å². The number of carboxylic acids is 1. The molecule has 0 bridgehead atoms. The van der Waals surface area contributed by atoms with E-state index in [1.165, 1.54) is 5.56 Å². The van der Waals surface area contributed by atoms with E-state index >= 15 is 0 Å². The third-order valence-corrected chi connectivity index (χ3v) is 5.58. The van der Waals surface area contributed by atoms with Crippen LogP contribution in [0.4, 0.5) is 18.9 Å². The number of halogens is 3. The molecule has 1 aromatic heterocycles. The summed E-state index contributed by atoms with van der Waals surface area (Å²) in [6.07, 6.45) is -5.08. The molecule has 1 unspecified atom stereocenters. The van der Waals surface area contributed by atoms with Gasteiger partial charge >= 0.3 is 12.1 Å². The SMILES string of the molecule is Cc1ccc2ccc(C(Nc3ccccc3)c3ccc(C(C)C)cc3)c(O)c2n1.O=C(O)C(F)(F)F. The number of fused-ring (bicyclic) bond motifs is 1. The molecule has 0 aliphatic heterocycles. The van der Waals surface area contributed by atoms with Crippen LogP contribution in [0.3, 0.4) is 0 Å². The zero-order valence-electron chi connectivity index (χ0n) is 20.0. The molecular weight excluding hydrogens is 469 g/mol. The Bertz CT molecular complexity index is 1320. The normalized spacial score (nSPS) is 12.1. The number of pyridine rings is 1. The molecule has 5 nitrogen and oxygen atoms in total. The number of phenols is 1. The average molecular weight is 497 g/mol. The number of para-hydroxylation sites is 1. The van der Waals surface area contributed by atoms with Crippen LogP contribution in [0, 0.1) is 6.92 Å². The standard InChI is InChI=1S/C26H26N2O.C2HF3O2/c1-17(2)19-11-13-20(14-12-19)24(28-22-7-5-4-6-8-22)23-16-15-21-10-9-18(3)27-25(21)26(23)29;3-2(4,5)1(6)7/h4-17,24,28-29H,1-3H3;(H,6,7). The number of aliphatic carboxylic acids is 1. The van der Waals surface area contributed by atoms with E-state index in [0.29, 0.717) is 11.4 Å². The van der Waals surface area contributed by atoms with E-state index in [9.17, 15) is 18.3 Å². The quantitative estimate of drug-likeness (QED) is 0.272. The fourth-order valence-corrected chi connectivity index (χ4v) is 3.63. The topological polar surface area (TPSA) is 82.5 Å². The number of alkyl halides is 3. The summed E-state index contributed by atoms with van der Waals surface area (Å²) in [6, 6.07) is 26.5. The number of carboxylic acid groups (broad SMARTS) is 1. The van der Waals surface area contributed by atoms with Crippen LogP contribution in [0.15, 0.2) is 78.9 Å². The summed E-state index contributed by atoms with van der Waals surface area (Å²) in [6.45, 7) is 6.33. The fourth-order valence-electron chi connectivity index (χ4n) is 3.63. The summed E-state index contributed by atoms with van der Waals surface area (Å²) in [5.41, 5.74) is 5.74. The van der Waals surface area contributed by atoms with E-state index in [2.05, 4.69) is 48.4 Å². The highest BCUT2D eigenvalue weighted by molar-refractivity contribution is 5.86. The number of benzene rings is 3. The molecule has 0 aliphatic carbocycles. The molecule has 188 valence electrons. The summed E-state index contributed by atoms with van der Waals surface area (Å²) in [5.74, 6) is -2.05. The average Bonchev–Trinajstić information content (AvgIpc) is 2.84. The molecule has 0 amide bonds. The van der Waals surface area contributed by atoms with Crippen molar-refractivity contribution in [1.29, 1.82) is 0 Å². The lowest BCUT2D eigenvalue weighted by molar-refractivity contribution is -0.192. The Balaban J connectivity index is 0.000000454. The van der Waals surface area contributed by atoms with Gasteiger partial charge in [-0.25, -0.2) is 9.78 Å². The third kappa shape index (κ3) is 6.53. The molecule has 1 atom stereocenters. The van der Waals surface area contributed by atoms with E-state index in [-0.39, 0.29) is 11.8 Å². The van der Waals surface area contributed by atoms with Crippen molar-refractivity contribution >= 4 is 22.6 Å². The molecule has 3 aromatic carbocycles. The Labute approximate surface area is 207 Å². The number of aryl methyl sites for hydroxylation is 1. The first kappa shape index (κ1) is 26.5. The molecule has 0 spiro atoms. The molecule has 0 radical (unpaired) electrons. The number of aromatic hydroxyl groups is 1. The van der Waals surface area contributed by atoms with E-state index < -0.39 is 12.1 Å². The van der Waals surface area contributed by atoms with Gasteiger partial charge < -0.3 is 15.5 Å². The second kappa shape index (κ2) is 11.1. The first-order valence-electron chi connectivity index (χ1n) is 11.3. The lowest BCUT2D eigenvalue weighted by Crippen LogP contribution is -2.21. The Kier molecular flexibility index (Phi) is 8.19. The number of nitrogens with one attached hydrogen (secondary N) is 1. The van der Waals surface area contributed by atoms with Gasteiger partial charge in [-0.05, 0) is 42.2 Å². The minimum absolute atomic E-state index is 0.190. The number of aromatic nitrogens is 1. The minimum atomic E-state index is -5.08. The number of hydrogen-bond acceptors (Lipinski definition) is 4. The Hall–Kier alpha value is -4.07. The van der Waals surface area contributed by atoms with Crippen molar-refractivity contribution < 1.29 is 28.2 Å². The maximum absolute atomic E-state index is 11.1. The number of carbonyl (C=O) groups is 1.